The molecule has 180 valence electrons. The molecule has 2 amide bonds. The lowest BCUT2D eigenvalue weighted by Gasteiger charge is -2.31. The monoisotopic (exact) mass is 493 g/mol. The van der Waals surface area contributed by atoms with Crippen molar-refractivity contribution >= 4 is 41.0 Å². The number of ether oxygens (including phenoxy) is 2. The molecule has 2 aromatic rings. The Morgan fingerprint density at radius 3 is 2.54 bits per heavy atom. The number of rotatable bonds is 8. The summed E-state index contributed by atoms with van der Waals surface area (Å²) in [6.45, 7) is 1.43. The first-order valence-electron chi connectivity index (χ1n) is 10.5. The van der Waals surface area contributed by atoms with Crippen molar-refractivity contribution in [2.24, 2.45) is 5.92 Å². The van der Waals surface area contributed by atoms with Gasteiger partial charge in [0, 0.05) is 22.7 Å². The van der Waals surface area contributed by atoms with Gasteiger partial charge in [-0.05, 0) is 25.1 Å². The van der Waals surface area contributed by atoms with E-state index in [0.717, 1.165) is 11.8 Å². The van der Waals surface area contributed by atoms with Crippen molar-refractivity contribution in [3.8, 4) is 11.8 Å². The molecule has 1 heterocycles. The number of thioether (sulfide) groups is 1. The van der Waals surface area contributed by atoms with Gasteiger partial charge in [-0.15, -0.1) is 0 Å². The van der Waals surface area contributed by atoms with Gasteiger partial charge in [-0.25, -0.2) is 0 Å². The van der Waals surface area contributed by atoms with Crippen LogP contribution in [0.4, 0.5) is 5.69 Å². The van der Waals surface area contributed by atoms with Crippen LogP contribution in [0.3, 0.4) is 0 Å². The molecule has 0 saturated heterocycles. The molecule has 0 aromatic heterocycles. The molecule has 3 rings (SSSR count). The quantitative estimate of drug-likeness (QED) is 0.326. The molecule has 0 bridgehead atoms. The third-order valence-electron chi connectivity index (χ3n) is 5.36. The van der Waals surface area contributed by atoms with Gasteiger partial charge >= 0.3 is 5.97 Å². The molecule has 0 radical (unpaired) electrons. The molecule has 0 saturated carbocycles. The van der Waals surface area contributed by atoms with E-state index in [-0.39, 0.29) is 22.1 Å². The highest BCUT2D eigenvalue weighted by Crippen LogP contribution is 2.43. The molecule has 9 nitrogen and oxygen atoms in total. The summed E-state index contributed by atoms with van der Waals surface area (Å²) >= 11 is 0.958. The topological polar surface area (TPSA) is 135 Å². The first-order chi connectivity index (χ1) is 16.8. The van der Waals surface area contributed by atoms with Crippen molar-refractivity contribution < 1.29 is 28.7 Å². The third-order valence-corrected chi connectivity index (χ3v) is 6.38. The van der Waals surface area contributed by atoms with Crippen molar-refractivity contribution in [2.75, 3.05) is 25.3 Å². The number of nitrogens with zero attached hydrogens (tertiary/aromatic N) is 1. The molecule has 2 atom stereocenters. The number of benzene rings is 2. The van der Waals surface area contributed by atoms with Gasteiger partial charge in [0.2, 0.25) is 11.8 Å². The van der Waals surface area contributed by atoms with Crippen LogP contribution in [0.2, 0.25) is 0 Å². The van der Waals surface area contributed by atoms with Crippen LogP contribution in [0.5, 0.6) is 5.75 Å². The Kier molecular flexibility index (Phi) is 8.28. The average Bonchev–Trinajstić information content (AvgIpc) is 2.86. The predicted molar refractivity (Wildman–Crippen MR) is 130 cm³/mol. The summed E-state index contributed by atoms with van der Waals surface area (Å²) in [5.41, 5.74) is 1.49. The fraction of sp³-hybridized carbons (Fsp3) is 0.240. The van der Waals surface area contributed by atoms with Gasteiger partial charge < -0.3 is 20.1 Å². The van der Waals surface area contributed by atoms with E-state index >= 15 is 0 Å². The molecule has 0 aliphatic carbocycles. The zero-order chi connectivity index (χ0) is 25.5. The van der Waals surface area contributed by atoms with Crippen molar-refractivity contribution in [1.29, 1.82) is 5.26 Å². The lowest BCUT2D eigenvalue weighted by molar-refractivity contribution is -0.150. The van der Waals surface area contributed by atoms with Gasteiger partial charge in [0.25, 0.3) is 0 Å². The minimum Gasteiger partial charge on any atom is -0.496 e. The highest BCUT2D eigenvalue weighted by Gasteiger charge is 2.45. The van der Waals surface area contributed by atoms with Gasteiger partial charge in [-0.2, -0.15) is 5.26 Å². The summed E-state index contributed by atoms with van der Waals surface area (Å²) < 4.78 is 10.2. The molecule has 0 fully saturated rings. The summed E-state index contributed by atoms with van der Waals surface area (Å²) in [5, 5.41) is 15.4. The van der Waals surface area contributed by atoms with Crippen LogP contribution in [0.1, 0.15) is 28.8 Å². The van der Waals surface area contributed by atoms with E-state index < -0.39 is 29.6 Å². The smallest absolute Gasteiger partial charge is 0.319 e. The first-order valence-corrected chi connectivity index (χ1v) is 11.5. The van der Waals surface area contributed by atoms with E-state index in [1.165, 1.54) is 21.1 Å². The van der Waals surface area contributed by atoms with Gasteiger partial charge in [-0.1, -0.05) is 42.1 Å². The number of amides is 2. The van der Waals surface area contributed by atoms with Crippen molar-refractivity contribution in [1.82, 2.24) is 5.32 Å². The van der Waals surface area contributed by atoms with Crippen LogP contribution in [0, 0.1) is 17.2 Å². The molecule has 1 aliphatic rings. The van der Waals surface area contributed by atoms with Crippen LogP contribution >= 0.6 is 11.8 Å². The first kappa shape index (κ1) is 25.5. The number of hydrogen-bond acceptors (Lipinski definition) is 8. The van der Waals surface area contributed by atoms with Gasteiger partial charge in [0.15, 0.2) is 5.78 Å². The van der Waals surface area contributed by atoms with E-state index in [9.17, 15) is 24.4 Å². The highest BCUT2D eigenvalue weighted by atomic mass is 32.2. The number of nitriles is 1. The molecule has 10 heteroatoms. The second-order valence-corrected chi connectivity index (χ2v) is 8.52. The molecular formula is C25H23N3O6S. The maximum atomic E-state index is 12.9. The number of Topliss-reactive ketones (excluding diaryl/α,β-unsaturated/α-hetero) is 1. The number of anilines is 1. The zero-order valence-electron chi connectivity index (χ0n) is 19.3. The highest BCUT2D eigenvalue weighted by molar-refractivity contribution is 8.03. The summed E-state index contributed by atoms with van der Waals surface area (Å²) in [6, 6.07) is 15.4. The van der Waals surface area contributed by atoms with E-state index in [4.69, 9.17) is 9.47 Å². The third kappa shape index (κ3) is 5.70. The van der Waals surface area contributed by atoms with Crippen molar-refractivity contribution in [3.63, 3.8) is 0 Å². The largest absolute Gasteiger partial charge is 0.496 e. The predicted octanol–water partition coefficient (Wildman–Crippen LogP) is 3.01. The van der Waals surface area contributed by atoms with Crippen LogP contribution < -0.4 is 15.4 Å². The van der Waals surface area contributed by atoms with Gasteiger partial charge in [0.05, 0.1) is 36.6 Å². The van der Waals surface area contributed by atoms with Crippen molar-refractivity contribution in [2.45, 2.75) is 12.8 Å². The number of hydrogen-bond donors (Lipinski definition) is 2. The number of para-hydroxylation sites is 1. The van der Waals surface area contributed by atoms with E-state index in [1.807, 2.05) is 0 Å². The Bertz CT molecular complexity index is 1250. The van der Waals surface area contributed by atoms with Gasteiger partial charge in [0.1, 0.15) is 11.7 Å². The second-order valence-electron chi connectivity index (χ2n) is 7.54. The standard InChI is InChI=1S/C25H23N3O6S/c1-14(29)15-7-6-8-16(11-15)27-20(30)13-35-24-18(12-26)21(17-9-4-5-10-19(17)33-2)22(23(31)28-24)25(32)34-3/h4-11,21-22H,13H2,1-3H3,(H,27,30)(H,28,31)/t21-,22+/m0/s1. The molecule has 1 aliphatic heterocycles. The summed E-state index contributed by atoms with van der Waals surface area (Å²) in [5.74, 6) is -3.98. The summed E-state index contributed by atoms with van der Waals surface area (Å²) in [4.78, 5) is 49.6. The Labute approximate surface area is 206 Å². The molecule has 0 spiro atoms. The lowest BCUT2D eigenvalue weighted by atomic mass is 9.78. The maximum absolute atomic E-state index is 12.9. The van der Waals surface area contributed by atoms with E-state index in [0.29, 0.717) is 22.6 Å². The SMILES string of the molecule is COC(=O)[C@H]1C(=O)NC(SCC(=O)Nc2cccc(C(C)=O)c2)=C(C#N)[C@@H]1c1ccccc1OC. The summed E-state index contributed by atoms with van der Waals surface area (Å²) in [6.07, 6.45) is 0. The number of esters is 1. The Hall–Kier alpha value is -4.10. The second kappa shape index (κ2) is 11.4. The Balaban J connectivity index is 1.91. The number of carbonyl (C=O) groups is 4. The Morgan fingerprint density at radius 1 is 1.14 bits per heavy atom. The minimum absolute atomic E-state index is 0.112. The average molecular weight is 494 g/mol. The molecule has 0 unspecified atom stereocenters. The van der Waals surface area contributed by atoms with Crippen LogP contribution in [-0.2, 0) is 19.1 Å². The minimum atomic E-state index is -1.31. The number of carbonyl (C=O) groups excluding carboxylic acids is 4. The zero-order valence-corrected chi connectivity index (χ0v) is 20.1. The van der Waals surface area contributed by atoms with Crippen LogP contribution in [-0.4, -0.2) is 43.5 Å². The van der Waals surface area contributed by atoms with Crippen LogP contribution in [0.25, 0.3) is 0 Å². The molecule has 2 N–H and O–H groups in total. The molecular weight excluding hydrogens is 470 g/mol. The van der Waals surface area contributed by atoms with Crippen LogP contribution in [0.15, 0.2) is 59.1 Å². The fourth-order valence-electron chi connectivity index (χ4n) is 3.73. The molecule has 2 aromatic carbocycles. The fourth-order valence-corrected chi connectivity index (χ4v) is 4.58. The van der Waals surface area contributed by atoms with Crippen molar-refractivity contribution in [3.05, 3.63) is 70.3 Å². The van der Waals surface area contributed by atoms with E-state index in [2.05, 4.69) is 16.7 Å². The van der Waals surface area contributed by atoms with E-state index in [1.54, 1.807) is 48.5 Å². The lowest BCUT2D eigenvalue weighted by Crippen LogP contribution is -2.44. The maximum Gasteiger partial charge on any atom is 0.319 e. The number of methoxy groups -OCH3 is 2. The number of ketones is 1. The molecule has 35 heavy (non-hydrogen) atoms. The number of allylic oxidation sites excluding steroid dienone is 1. The number of nitrogens with one attached hydrogen (secondary N) is 2. The summed E-state index contributed by atoms with van der Waals surface area (Å²) in [7, 11) is 2.62. The normalized spacial score (nSPS) is 17.1. The Morgan fingerprint density at radius 2 is 1.89 bits per heavy atom. The van der Waals surface area contributed by atoms with Gasteiger partial charge in [-0.3, -0.25) is 19.2 Å².